The molecule has 0 atom stereocenters. The summed E-state index contributed by atoms with van der Waals surface area (Å²) >= 11 is 0. The number of ether oxygens (including phenoxy) is 1. The molecule has 26 heavy (non-hydrogen) atoms. The van der Waals surface area contributed by atoms with E-state index >= 15 is 0 Å². The largest absolute Gasteiger partial charge is 0.508 e. The van der Waals surface area contributed by atoms with Gasteiger partial charge in [-0.3, -0.25) is 0 Å². The molecule has 0 aliphatic rings. The smallest absolute Gasteiger partial charge is 0.347 e. The summed E-state index contributed by atoms with van der Waals surface area (Å²) in [6.07, 6.45) is 0. The predicted octanol–water partition coefficient (Wildman–Crippen LogP) is 3.70. The molecule has 3 aromatic rings. The van der Waals surface area contributed by atoms with E-state index in [-0.39, 0.29) is 22.6 Å². The zero-order valence-electron chi connectivity index (χ0n) is 13.6. The first-order chi connectivity index (χ1) is 12.5. The Morgan fingerprint density at radius 3 is 1.77 bits per heavy atom. The monoisotopic (exact) mass is 352 g/mol. The molecule has 132 valence electrons. The Morgan fingerprint density at radius 1 is 0.692 bits per heavy atom. The summed E-state index contributed by atoms with van der Waals surface area (Å²) in [5.41, 5.74) is -0.144. The molecule has 0 aromatic heterocycles. The van der Waals surface area contributed by atoms with Crippen molar-refractivity contribution < 1.29 is 29.6 Å². The van der Waals surface area contributed by atoms with Gasteiger partial charge in [0.25, 0.3) is 0 Å². The Labute approximate surface area is 149 Å². The number of phenols is 2. The number of rotatable bonds is 3. The van der Waals surface area contributed by atoms with Gasteiger partial charge >= 0.3 is 11.9 Å². The van der Waals surface area contributed by atoms with Crippen LogP contribution in [0.2, 0.25) is 0 Å². The SMILES string of the molecule is O=C(Oc1ccccc1C(=O)O)c1ccccc1O.Oc1ccccc1. The quantitative estimate of drug-likeness (QED) is 0.490. The number of aromatic carboxylic acids is 1. The van der Waals surface area contributed by atoms with E-state index in [1.54, 1.807) is 42.5 Å². The lowest BCUT2D eigenvalue weighted by Crippen LogP contribution is -2.11. The molecule has 0 heterocycles. The molecule has 3 N–H and O–H groups in total. The van der Waals surface area contributed by atoms with Gasteiger partial charge in [0.1, 0.15) is 28.4 Å². The highest BCUT2D eigenvalue weighted by Gasteiger charge is 2.17. The first kappa shape index (κ1) is 18.5. The number of para-hydroxylation sites is 3. The third-order valence-electron chi connectivity index (χ3n) is 3.20. The van der Waals surface area contributed by atoms with Gasteiger partial charge in [-0.2, -0.15) is 0 Å². The molecule has 0 saturated heterocycles. The molecule has 0 amide bonds. The second kappa shape index (κ2) is 8.89. The van der Waals surface area contributed by atoms with Crippen LogP contribution in [0.25, 0.3) is 0 Å². The number of carbonyl (C=O) groups is 2. The molecule has 0 aliphatic heterocycles. The minimum Gasteiger partial charge on any atom is -0.508 e. The van der Waals surface area contributed by atoms with E-state index in [1.807, 2.05) is 6.07 Å². The van der Waals surface area contributed by atoms with Gasteiger partial charge in [-0.05, 0) is 36.4 Å². The lowest BCUT2D eigenvalue weighted by atomic mass is 10.2. The lowest BCUT2D eigenvalue weighted by Gasteiger charge is -2.07. The van der Waals surface area contributed by atoms with E-state index in [0.29, 0.717) is 5.75 Å². The molecule has 0 bridgehead atoms. The molecule has 6 nitrogen and oxygen atoms in total. The summed E-state index contributed by atoms with van der Waals surface area (Å²) in [7, 11) is 0. The molecule has 3 aromatic carbocycles. The van der Waals surface area contributed by atoms with E-state index in [4.69, 9.17) is 14.9 Å². The van der Waals surface area contributed by atoms with Crippen molar-refractivity contribution in [2.24, 2.45) is 0 Å². The first-order valence-electron chi connectivity index (χ1n) is 7.55. The van der Waals surface area contributed by atoms with Gasteiger partial charge in [0.05, 0.1) is 0 Å². The second-order valence-electron chi connectivity index (χ2n) is 5.04. The topological polar surface area (TPSA) is 104 Å². The van der Waals surface area contributed by atoms with Gasteiger partial charge in [0.2, 0.25) is 0 Å². The summed E-state index contributed by atoms with van der Waals surface area (Å²) < 4.78 is 4.99. The zero-order chi connectivity index (χ0) is 18.9. The number of phenolic OH excluding ortho intramolecular Hbond substituents is 2. The third-order valence-corrected chi connectivity index (χ3v) is 3.20. The molecular weight excluding hydrogens is 336 g/mol. The van der Waals surface area contributed by atoms with Crippen molar-refractivity contribution in [1.82, 2.24) is 0 Å². The molecule has 3 rings (SSSR count). The fourth-order valence-electron chi connectivity index (χ4n) is 1.96. The van der Waals surface area contributed by atoms with Gasteiger partial charge < -0.3 is 20.1 Å². The average Bonchev–Trinajstić information content (AvgIpc) is 2.63. The van der Waals surface area contributed by atoms with Crippen LogP contribution in [0.5, 0.6) is 17.2 Å². The minimum atomic E-state index is -1.19. The number of carboxylic acid groups (broad SMARTS) is 1. The molecule has 0 unspecified atom stereocenters. The Kier molecular flexibility index (Phi) is 6.34. The summed E-state index contributed by atoms with van der Waals surface area (Å²) in [5, 5.41) is 27.1. The Bertz CT molecular complexity index is 890. The molecule has 0 aliphatic carbocycles. The van der Waals surface area contributed by atoms with Crippen molar-refractivity contribution in [3.63, 3.8) is 0 Å². The standard InChI is InChI=1S/C14H10O5.C6H6O/c15-11-7-3-1-5-9(11)14(18)19-12-8-4-2-6-10(12)13(16)17;7-6-4-2-1-3-5-6/h1-8,15H,(H,16,17);1-5,7H. The maximum absolute atomic E-state index is 11.8. The summed E-state index contributed by atoms with van der Waals surface area (Å²) in [5.74, 6) is -1.97. The number of benzene rings is 3. The highest BCUT2D eigenvalue weighted by molar-refractivity contribution is 5.96. The molecule has 0 spiro atoms. The predicted molar refractivity (Wildman–Crippen MR) is 94.6 cm³/mol. The number of aromatic hydroxyl groups is 2. The fraction of sp³-hybridized carbons (Fsp3) is 0. The Morgan fingerprint density at radius 2 is 1.23 bits per heavy atom. The Balaban J connectivity index is 0.000000290. The number of carbonyl (C=O) groups excluding carboxylic acids is 1. The number of hydrogen-bond acceptors (Lipinski definition) is 5. The summed E-state index contributed by atoms with van der Waals surface area (Å²) in [4.78, 5) is 22.8. The summed E-state index contributed by atoms with van der Waals surface area (Å²) in [6, 6.07) is 20.4. The van der Waals surface area contributed by atoms with E-state index in [1.165, 1.54) is 30.3 Å². The second-order valence-corrected chi connectivity index (χ2v) is 5.04. The average molecular weight is 352 g/mol. The van der Waals surface area contributed by atoms with Crippen LogP contribution in [0.4, 0.5) is 0 Å². The number of carboxylic acids is 1. The van der Waals surface area contributed by atoms with Crippen molar-refractivity contribution >= 4 is 11.9 Å². The maximum atomic E-state index is 11.8. The van der Waals surface area contributed by atoms with Crippen LogP contribution in [0.15, 0.2) is 78.9 Å². The Hall–Kier alpha value is -3.80. The highest BCUT2D eigenvalue weighted by Crippen LogP contribution is 2.22. The van der Waals surface area contributed by atoms with Gasteiger partial charge in [-0.15, -0.1) is 0 Å². The fourth-order valence-corrected chi connectivity index (χ4v) is 1.96. The van der Waals surface area contributed by atoms with Crippen molar-refractivity contribution in [3.05, 3.63) is 90.0 Å². The van der Waals surface area contributed by atoms with E-state index < -0.39 is 11.9 Å². The van der Waals surface area contributed by atoms with Crippen LogP contribution in [0.1, 0.15) is 20.7 Å². The molecule has 0 radical (unpaired) electrons. The van der Waals surface area contributed by atoms with E-state index in [9.17, 15) is 14.7 Å². The lowest BCUT2D eigenvalue weighted by molar-refractivity contribution is 0.0681. The van der Waals surface area contributed by atoms with E-state index in [2.05, 4.69) is 0 Å². The van der Waals surface area contributed by atoms with Crippen molar-refractivity contribution in [2.45, 2.75) is 0 Å². The van der Waals surface area contributed by atoms with Crippen LogP contribution in [-0.4, -0.2) is 27.3 Å². The van der Waals surface area contributed by atoms with Gasteiger partial charge in [-0.25, -0.2) is 9.59 Å². The highest BCUT2D eigenvalue weighted by atomic mass is 16.5. The van der Waals surface area contributed by atoms with E-state index in [0.717, 1.165) is 0 Å². The minimum absolute atomic E-state index is 0.0253. The normalized spacial score (nSPS) is 9.54. The van der Waals surface area contributed by atoms with Crippen molar-refractivity contribution in [1.29, 1.82) is 0 Å². The van der Waals surface area contributed by atoms with Gasteiger partial charge in [0, 0.05) is 0 Å². The molecule has 0 fully saturated rings. The summed E-state index contributed by atoms with van der Waals surface area (Å²) in [6.45, 7) is 0. The van der Waals surface area contributed by atoms with Crippen LogP contribution in [-0.2, 0) is 0 Å². The first-order valence-corrected chi connectivity index (χ1v) is 7.55. The van der Waals surface area contributed by atoms with Crippen molar-refractivity contribution in [3.8, 4) is 17.2 Å². The molecular formula is C20H16O6. The molecule has 6 heteroatoms. The van der Waals surface area contributed by atoms with Crippen molar-refractivity contribution in [2.75, 3.05) is 0 Å². The van der Waals surface area contributed by atoms with Gasteiger partial charge in [0.15, 0.2) is 0 Å². The zero-order valence-corrected chi connectivity index (χ0v) is 13.6. The third kappa shape index (κ3) is 5.10. The number of esters is 1. The maximum Gasteiger partial charge on any atom is 0.347 e. The van der Waals surface area contributed by atoms with Crippen LogP contribution in [0.3, 0.4) is 0 Å². The van der Waals surface area contributed by atoms with Gasteiger partial charge in [-0.1, -0.05) is 42.5 Å². The van der Waals surface area contributed by atoms with Crippen LogP contribution < -0.4 is 4.74 Å². The molecule has 0 saturated carbocycles. The van der Waals surface area contributed by atoms with Crippen LogP contribution >= 0.6 is 0 Å². The number of hydrogen-bond donors (Lipinski definition) is 3. The van der Waals surface area contributed by atoms with Crippen LogP contribution in [0, 0.1) is 0 Å².